The van der Waals surface area contributed by atoms with Gasteiger partial charge in [0.05, 0.1) is 20.8 Å². The molecule has 112 valence electrons. The smallest absolute Gasteiger partial charge is 0.0655 e. The van der Waals surface area contributed by atoms with E-state index in [1.807, 2.05) is 6.07 Å². The van der Waals surface area contributed by atoms with Crippen LogP contribution in [-0.2, 0) is 0 Å². The average Bonchev–Trinajstić information content (AvgIpc) is 2.41. The van der Waals surface area contributed by atoms with E-state index in [2.05, 4.69) is 24.1 Å². The maximum atomic E-state index is 6.32. The van der Waals surface area contributed by atoms with Crippen molar-refractivity contribution in [1.29, 1.82) is 0 Å². The Balaban J connectivity index is 2.09. The van der Waals surface area contributed by atoms with Gasteiger partial charge in [-0.1, -0.05) is 41.7 Å². The van der Waals surface area contributed by atoms with Gasteiger partial charge in [0.15, 0.2) is 0 Å². The molecule has 2 atom stereocenters. The number of hydrogen-bond acceptors (Lipinski definition) is 2. The minimum atomic E-state index is 0.438. The summed E-state index contributed by atoms with van der Waals surface area (Å²) in [4.78, 5) is 2.33. The summed E-state index contributed by atoms with van der Waals surface area (Å²) < 4.78 is 0. The van der Waals surface area contributed by atoms with Crippen molar-refractivity contribution in [3.8, 4) is 0 Å². The Labute approximate surface area is 136 Å². The standard InChI is InChI=1S/C15H21Cl3N2/c1-3-5-19-11-4-6-20(10(2)7-11)15-9-13(17)12(16)8-14(15)18/h8-11,19H,3-7H2,1-2H3. The summed E-state index contributed by atoms with van der Waals surface area (Å²) in [5.41, 5.74) is 0.988. The lowest BCUT2D eigenvalue weighted by Crippen LogP contribution is -2.47. The summed E-state index contributed by atoms with van der Waals surface area (Å²) in [5.74, 6) is 0. The number of piperidine rings is 1. The van der Waals surface area contributed by atoms with Crippen LogP contribution in [0.5, 0.6) is 0 Å². The Morgan fingerprint density at radius 3 is 2.55 bits per heavy atom. The Kier molecular flexibility index (Phi) is 5.85. The molecular weight excluding hydrogens is 315 g/mol. The van der Waals surface area contributed by atoms with Gasteiger partial charge in [0.2, 0.25) is 0 Å². The first-order valence-electron chi connectivity index (χ1n) is 7.17. The van der Waals surface area contributed by atoms with E-state index in [0.29, 0.717) is 27.2 Å². The predicted molar refractivity (Wildman–Crippen MR) is 89.6 cm³/mol. The van der Waals surface area contributed by atoms with Crippen LogP contribution in [0.25, 0.3) is 0 Å². The van der Waals surface area contributed by atoms with Crippen LogP contribution < -0.4 is 10.2 Å². The van der Waals surface area contributed by atoms with Gasteiger partial charge in [0, 0.05) is 18.6 Å². The van der Waals surface area contributed by atoms with Crippen LogP contribution in [0.3, 0.4) is 0 Å². The molecule has 0 spiro atoms. The molecule has 1 aliphatic rings. The lowest BCUT2D eigenvalue weighted by atomic mass is 9.97. The summed E-state index contributed by atoms with van der Waals surface area (Å²) >= 11 is 18.4. The van der Waals surface area contributed by atoms with Crippen LogP contribution in [0.1, 0.15) is 33.1 Å². The average molecular weight is 336 g/mol. The van der Waals surface area contributed by atoms with Crippen LogP contribution in [-0.4, -0.2) is 25.2 Å². The van der Waals surface area contributed by atoms with Crippen LogP contribution in [0.15, 0.2) is 12.1 Å². The lowest BCUT2D eigenvalue weighted by Gasteiger charge is -2.40. The topological polar surface area (TPSA) is 15.3 Å². The van der Waals surface area contributed by atoms with Crippen molar-refractivity contribution in [2.45, 2.75) is 45.2 Å². The van der Waals surface area contributed by atoms with Gasteiger partial charge in [0.1, 0.15) is 0 Å². The highest BCUT2D eigenvalue weighted by Crippen LogP contribution is 2.37. The maximum absolute atomic E-state index is 6.32. The van der Waals surface area contributed by atoms with Crippen LogP contribution >= 0.6 is 34.8 Å². The quantitative estimate of drug-likeness (QED) is 0.779. The van der Waals surface area contributed by atoms with E-state index >= 15 is 0 Å². The second-order valence-electron chi connectivity index (χ2n) is 5.44. The summed E-state index contributed by atoms with van der Waals surface area (Å²) in [7, 11) is 0. The third-order valence-corrected chi connectivity index (χ3v) is 4.88. The zero-order chi connectivity index (χ0) is 14.7. The van der Waals surface area contributed by atoms with E-state index in [9.17, 15) is 0 Å². The van der Waals surface area contributed by atoms with E-state index in [1.165, 1.54) is 6.42 Å². The summed E-state index contributed by atoms with van der Waals surface area (Å²) in [6.07, 6.45) is 3.42. The van der Waals surface area contributed by atoms with Crippen molar-refractivity contribution in [2.75, 3.05) is 18.0 Å². The van der Waals surface area contributed by atoms with Gasteiger partial charge < -0.3 is 10.2 Å². The second-order valence-corrected chi connectivity index (χ2v) is 6.66. The molecule has 1 heterocycles. The molecule has 0 bridgehead atoms. The summed E-state index contributed by atoms with van der Waals surface area (Å²) in [5, 5.41) is 5.34. The fourth-order valence-corrected chi connectivity index (χ4v) is 3.45. The zero-order valence-electron chi connectivity index (χ0n) is 11.9. The monoisotopic (exact) mass is 334 g/mol. The highest BCUT2D eigenvalue weighted by Gasteiger charge is 2.26. The molecule has 1 fully saturated rings. The number of benzene rings is 1. The van der Waals surface area contributed by atoms with Crippen LogP contribution in [0.2, 0.25) is 15.1 Å². The highest BCUT2D eigenvalue weighted by atomic mass is 35.5. The summed E-state index contributed by atoms with van der Waals surface area (Å²) in [6, 6.07) is 4.65. The van der Waals surface area contributed by atoms with Crippen LogP contribution in [0.4, 0.5) is 5.69 Å². The molecule has 1 aromatic rings. The number of nitrogens with one attached hydrogen (secondary N) is 1. The minimum Gasteiger partial charge on any atom is -0.367 e. The number of halogens is 3. The SMILES string of the molecule is CCCNC1CCN(c2cc(Cl)c(Cl)cc2Cl)C(C)C1. The van der Waals surface area contributed by atoms with Gasteiger partial charge in [-0.3, -0.25) is 0 Å². The number of rotatable bonds is 4. The van der Waals surface area contributed by atoms with Crippen molar-refractivity contribution >= 4 is 40.5 Å². The third kappa shape index (κ3) is 3.73. The molecule has 1 aromatic carbocycles. The normalized spacial score (nSPS) is 23.1. The Morgan fingerprint density at radius 2 is 1.90 bits per heavy atom. The molecule has 2 rings (SSSR count). The molecular formula is C15H21Cl3N2. The molecule has 2 unspecified atom stereocenters. The molecule has 0 radical (unpaired) electrons. The molecule has 0 amide bonds. The van der Waals surface area contributed by atoms with E-state index in [0.717, 1.165) is 31.6 Å². The third-order valence-electron chi connectivity index (χ3n) is 3.86. The van der Waals surface area contributed by atoms with Crippen molar-refractivity contribution < 1.29 is 0 Å². The van der Waals surface area contributed by atoms with Crippen molar-refractivity contribution in [1.82, 2.24) is 5.32 Å². The molecule has 1 N–H and O–H groups in total. The highest BCUT2D eigenvalue weighted by molar-refractivity contribution is 6.44. The largest absolute Gasteiger partial charge is 0.367 e. The van der Waals surface area contributed by atoms with E-state index in [1.54, 1.807) is 6.07 Å². The molecule has 0 aliphatic carbocycles. The maximum Gasteiger partial charge on any atom is 0.0655 e. The molecule has 2 nitrogen and oxygen atoms in total. The number of hydrogen-bond donors (Lipinski definition) is 1. The van der Waals surface area contributed by atoms with Gasteiger partial charge in [-0.15, -0.1) is 0 Å². The van der Waals surface area contributed by atoms with Gasteiger partial charge in [-0.2, -0.15) is 0 Å². The second kappa shape index (κ2) is 7.22. The molecule has 1 aliphatic heterocycles. The molecule has 0 saturated carbocycles. The number of nitrogens with zero attached hydrogens (tertiary/aromatic N) is 1. The van der Waals surface area contributed by atoms with Crippen molar-refractivity contribution in [3.63, 3.8) is 0 Å². The summed E-state index contributed by atoms with van der Waals surface area (Å²) in [6.45, 7) is 6.50. The first-order chi connectivity index (χ1) is 9.52. The molecule has 1 saturated heterocycles. The fraction of sp³-hybridized carbons (Fsp3) is 0.600. The van der Waals surface area contributed by atoms with Gasteiger partial charge >= 0.3 is 0 Å². The Hall–Kier alpha value is -0.150. The van der Waals surface area contributed by atoms with E-state index in [-0.39, 0.29) is 0 Å². The molecule has 5 heteroatoms. The van der Waals surface area contributed by atoms with E-state index < -0.39 is 0 Å². The molecule has 0 aromatic heterocycles. The van der Waals surface area contributed by atoms with E-state index in [4.69, 9.17) is 34.8 Å². The Morgan fingerprint density at radius 1 is 1.20 bits per heavy atom. The van der Waals surface area contributed by atoms with Gasteiger partial charge in [-0.25, -0.2) is 0 Å². The van der Waals surface area contributed by atoms with Gasteiger partial charge in [-0.05, 0) is 44.9 Å². The Bertz CT molecular complexity index is 465. The number of anilines is 1. The van der Waals surface area contributed by atoms with Crippen molar-refractivity contribution in [3.05, 3.63) is 27.2 Å². The van der Waals surface area contributed by atoms with Crippen molar-refractivity contribution in [2.24, 2.45) is 0 Å². The fourth-order valence-electron chi connectivity index (χ4n) is 2.80. The van der Waals surface area contributed by atoms with Crippen LogP contribution in [0, 0.1) is 0 Å². The first kappa shape index (κ1) is 16.2. The lowest BCUT2D eigenvalue weighted by molar-refractivity contribution is 0.369. The molecule has 20 heavy (non-hydrogen) atoms. The first-order valence-corrected chi connectivity index (χ1v) is 8.31. The minimum absolute atomic E-state index is 0.438. The zero-order valence-corrected chi connectivity index (χ0v) is 14.2. The predicted octanol–water partition coefficient (Wildman–Crippen LogP) is 5.00. The van der Waals surface area contributed by atoms with Gasteiger partial charge in [0.25, 0.3) is 0 Å².